The molecule has 2 atom stereocenters. The number of aryl methyl sites for hydroxylation is 1. The lowest BCUT2D eigenvalue weighted by Crippen LogP contribution is -2.10. The molecule has 0 aromatic heterocycles. The van der Waals surface area contributed by atoms with Crippen LogP contribution in [0.2, 0.25) is 0 Å². The van der Waals surface area contributed by atoms with Gasteiger partial charge in [-0.15, -0.1) is 0 Å². The zero-order valence-corrected chi connectivity index (χ0v) is 11.5. The van der Waals surface area contributed by atoms with E-state index in [-0.39, 0.29) is 11.5 Å². The fourth-order valence-electron chi connectivity index (χ4n) is 3.13. The highest BCUT2D eigenvalue weighted by molar-refractivity contribution is 5.44. The monoisotopic (exact) mass is 269 g/mol. The number of rotatable bonds is 2. The van der Waals surface area contributed by atoms with Gasteiger partial charge in [-0.05, 0) is 35.7 Å². The van der Waals surface area contributed by atoms with Crippen LogP contribution in [0.25, 0.3) is 0 Å². The van der Waals surface area contributed by atoms with Crippen LogP contribution in [0.15, 0.2) is 42.5 Å². The number of hydrogen-bond donors (Lipinski definition) is 3. The average Bonchev–Trinajstić information content (AvgIpc) is 2.91. The second-order valence-electron chi connectivity index (χ2n) is 5.48. The van der Waals surface area contributed by atoms with Crippen molar-refractivity contribution < 1.29 is 10.2 Å². The van der Waals surface area contributed by atoms with E-state index < -0.39 is 0 Å². The Morgan fingerprint density at radius 3 is 2.45 bits per heavy atom. The molecule has 3 rings (SSSR count). The molecular formula is C17H19NO2. The van der Waals surface area contributed by atoms with Crippen LogP contribution in [0.3, 0.4) is 0 Å². The third-order valence-electron chi connectivity index (χ3n) is 4.23. The van der Waals surface area contributed by atoms with E-state index in [0.717, 1.165) is 18.7 Å². The Kier molecular flexibility index (Phi) is 3.36. The third-order valence-corrected chi connectivity index (χ3v) is 4.23. The highest BCUT2D eigenvalue weighted by Gasteiger charge is 2.30. The van der Waals surface area contributed by atoms with E-state index in [0.29, 0.717) is 11.8 Å². The predicted octanol–water partition coefficient (Wildman–Crippen LogP) is 2.88. The summed E-state index contributed by atoms with van der Waals surface area (Å²) in [6, 6.07) is 13.6. The first-order valence-electron chi connectivity index (χ1n) is 6.95. The maximum absolute atomic E-state index is 9.70. The van der Waals surface area contributed by atoms with Crippen molar-refractivity contribution in [3.63, 3.8) is 0 Å². The summed E-state index contributed by atoms with van der Waals surface area (Å²) < 4.78 is 0. The van der Waals surface area contributed by atoms with E-state index in [9.17, 15) is 10.2 Å². The highest BCUT2D eigenvalue weighted by atomic mass is 16.3. The van der Waals surface area contributed by atoms with Crippen molar-refractivity contribution in [1.82, 2.24) is 5.32 Å². The minimum Gasteiger partial charge on any atom is -0.504 e. The van der Waals surface area contributed by atoms with Gasteiger partial charge in [0.1, 0.15) is 0 Å². The lowest BCUT2D eigenvalue weighted by Gasteiger charge is -2.21. The van der Waals surface area contributed by atoms with E-state index in [2.05, 4.69) is 36.5 Å². The number of aromatic hydroxyl groups is 2. The van der Waals surface area contributed by atoms with Gasteiger partial charge in [0, 0.05) is 24.9 Å². The largest absolute Gasteiger partial charge is 0.504 e. The summed E-state index contributed by atoms with van der Waals surface area (Å²) in [7, 11) is 0. The smallest absolute Gasteiger partial charge is 0.157 e. The highest BCUT2D eigenvalue weighted by Crippen LogP contribution is 2.39. The average molecular weight is 269 g/mol. The quantitative estimate of drug-likeness (QED) is 0.735. The molecule has 0 spiro atoms. The zero-order chi connectivity index (χ0) is 14.1. The van der Waals surface area contributed by atoms with Crippen LogP contribution >= 0.6 is 0 Å². The van der Waals surface area contributed by atoms with Gasteiger partial charge in [-0.2, -0.15) is 0 Å². The van der Waals surface area contributed by atoms with Gasteiger partial charge in [0.2, 0.25) is 0 Å². The topological polar surface area (TPSA) is 52.5 Å². The molecule has 1 heterocycles. The van der Waals surface area contributed by atoms with Gasteiger partial charge >= 0.3 is 0 Å². The summed E-state index contributed by atoms with van der Waals surface area (Å²) in [5.74, 6) is 0.618. The van der Waals surface area contributed by atoms with Crippen LogP contribution in [0.1, 0.15) is 28.5 Å². The molecule has 1 fully saturated rings. The summed E-state index contributed by atoms with van der Waals surface area (Å²) in [6.07, 6.45) is 0. The maximum Gasteiger partial charge on any atom is 0.157 e. The lowest BCUT2D eigenvalue weighted by molar-refractivity contribution is 0.402. The Bertz CT molecular complexity index is 624. The van der Waals surface area contributed by atoms with Gasteiger partial charge in [-0.3, -0.25) is 0 Å². The van der Waals surface area contributed by atoms with Crippen molar-refractivity contribution >= 4 is 0 Å². The minimum absolute atomic E-state index is 0.0436. The fraction of sp³-hybridized carbons (Fsp3) is 0.294. The summed E-state index contributed by atoms with van der Waals surface area (Å²) in [5, 5.41) is 22.6. The summed E-state index contributed by atoms with van der Waals surface area (Å²) in [4.78, 5) is 0. The predicted molar refractivity (Wildman–Crippen MR) is 79.3 cm³/mol. The van der Waals surface area contributed by atoms with Gasteiger partial charge in [0.25, 0.3) is 0 Å². The van der Waals surface area contributed by atoms with Crippen LogP contribution in [0, 0.1) is 6.92 Å². The van der Waals surface area contributed by atoms with E-state index in [1.165, 1.54) is 11.1 Å². The van der Waals surface area contributed by atoms with Crippen LogP contribution in [0.5, 0.6) is 11.5 Å². The number of nitrogens with one attached hydrogen (secondary N) is 1. The second kappa shape index (κ2) is 5.17. The Morgan fingerprint density at radius 2 is 1.70 bits per heavy atom. The first-order valence-corrected chi connectivity index (χ1v) is 6.95. The normalized spacial score (nSPS) is 22.1. The Balaban J connectivity index is 1.96. The van der Waals surface area contributed by atoms with Crippen molar-refractivity contribution in [2.24, 2.45) is 0 Å². The lowest BCUT2D eigenvalue weighted by atomic mass is 9.82. The van der Waals surface area contributed by atoms with Gasteiger partial charge in [-0.25, -0.2) is 0 Å². The SMILES string of the molecule is Cc1ccccc1C1CNCC1c1ccc(O)c(O)c1. The molecule has 3 heteroatoms. The zero-order valence-electron chi connectivity index (χ0n) is 11.5. The number of phenolic OH excluding ortho intramolecular Hbond substituents is 2. The van der Waals surface area contributed by atoms with E-state index in [1.807, 2.05) is 6.07 Å². The Hall–Kier alpha value is -2.00. The molecule has 2 aromatic rings. The van der Waals surface area contributed by atoms with Crippen LogP contribution in [-0.4, -0.2) is 23.3 Å². The molecule has 1 aliphatic rings. The van der Waals surface area contributed by atoms with E-state index >= 15 is 0 Å². The van der Waals surface area contributed by atoms with Crippen molar-refractivity contribution in [2.45, 2.75) is 18.8 Å². The standard InChI is InChI=1S/C17H19NO2/c1-11-4-2-3-5-13(11)15-10-18-9-14(15)12-6-7-16(19)17(20)8-12/h2-8,14-15,18-20H,9-10H2,1H3. The molecule has 20 heavy (non-hydrogen) atoms. The molecule has 1 aliphatic heterocycles. The Morgan fingerprint density at radius 1 is 0.950 bits per heavy atom. The van der Waals surface area contributed by atoms with Crippen molar-refractivity contribution in [2.75, 3.05) is 13.1 Å². The molecule has 2 aromatic carbocycles. The molecule has 3 nitrogen and oxygen atoms in total. The molecule has 0 bridgehead atoms. The van der Waals surface area contributed by atoms with E-state index in [1.54, 1.807) is 12.1 Å². The van der Waals surface area contributed by atoms with Gasteiger partial charge in [0.05, 0.1) is 0 Å². The first-order chi connectivity index (χ1) is 9.66. The molecule has 1 saturated heterocycles. The molecule has 3 N–H and O–H groups in total. The third kappa shape index (κ3) is 2.25. The molecule has 0 saturated carbocycles. The molecule has 2 unspecified atom stereocenters. The Labute approximate surface area is 118 Å². The molecule has 0 aliphatic carbocycles. The number of benzene rings is 2. The summed E-state index contributed by atoms with van der Waals surface area (Å²) in [6.45, 7) is 3.97. The number of phenols is 2. The molecule has 0 amide bonds. The fourth-order valence-corrected chi connectivity index (χ4v) is 3.13. The first kappa shape index (κ1) is 13.0. The summed E-state index contributed by atoms with van der Waals surface area (Å²) in [5.41, 5.74) is 3.72. The number of hydrogen-bond acceptors (Lipinski definition) is 3. The van der Waals surface area contributed by atoms with Gasteiger partial charge in [-0.1, -0.05) is 30.3 Å². The van der Waals surface area contributed by atoms with Crippen molar-refractivity contribution in [1.29, 1.82) is 0 Å². The van der Waals surface area contributed by atoms with Crippen LogP contribution < -0.4 is 5.32 Å². The minimum atomic E-state index is -0.0628. The van der Waals surface area contributed by atoms with Crippen molar-refractivity contribution in [3.8, 4) is 11.5 Å². The van der Waals surface area contributed by atoms with Gasteiger partial charge < -0.3 is 15.5 Å². The van der Waals surface area contributed by atoms with Crippen LogP contribution in [-0.2, 0) is 0 Å². The maximum atomic E-state index is 9.70. The van der Waals surface area contributed by atoms with E-state index in [4.69, 9.17) is 0 Å². The molecular weight excluding hydrogens is 250 g/mol. The van der Waals surface area contributed by atoms with Crippen LogP contribution in [0.4, 0.5) is 0 Å². The molecule has 0 radical (unpaired) electrons. The van der Waals surface area contributed by atoms with Gasteiger partial charge in [0.15, 0.2) is 11.5 Å². The summed E-state index contributed by atoms with van der Waals surface area (Å²) >= 11 is 0. The second-order valence-corrected chi connectivity index (χ2v) is 5.48. The van der Waals surface area contributed by atoms with Crippen molar-refractivity contribution in [3.05, 3.63) is 59.2 Å². The molecule has 104 valence electrons.